The molecule has 1 aromatic rings. The lowest BCUT2D eigenvalue weighted by Crippen LogP contribution is -2.33. The van der Waals surface area contributed by atoms with Crippen LogP contribution in [0.3, 0.4) is 0 Å². The summed E-state index contributed by atoms with van der Waals surface area (Å²) in [5.41, 5.74) is 1.63. The molecule has 1 heterocycles. The van der Waals surface area contributed by atoms with Crippen LogP contribution in [0.1, 0.15) is 70.5 Å². The predicted octanol–water partition coefficient (Wildman–Crippen LogP) is 3.96. The molecule has 0 unspecified atom stereocenters. The molecule has 114 valence electrons. The summed E-state index contributed by atoms with van der Waals surface area (Å²) < 4.78 is 2.24. The molecule has 20 heavy (non-hydrogen) atoms. The number of hydrogen-bond donors (Lipinski definition) is 1. The van der Waals surface area contributed by atoms with Crippen molar-refractivity contribution in [1.29, 1.82) is 0 Å². The Hall–Kier alpha value is -0.830. The minimum Gasteiger partial charge on any atom is -0.319 e. The molecular formula is C17H31N3. The highest BCUT2D eigenvalue weighted by molar-refractivity contribution is 5.04. The second kappa shape index (κ2) is 7.26. The van der Waals surface area contributed by atoms with Gasteiger partial charge in [-0.2, -0.15) is 5.10 Å². The molecule has 0 saturated heterocycles. The maximum Gasteiger partial charge on any atom is 0.0630 e. The first-order valence-electron chi connectivity index (χ1n) is 8.41. The molecule has 2 rings (SSSR count). The molecule has 0 radical (unpaired) electrons. The summed E-state index contributed by atoms with van der Waals surface area (Å²) in [4.78, 5) is 0. The number of rotatable bonds is 7. The molecule has 0 bridgehead atoms. The van der Waals surface area contributed by atoms with Crippen LogP contribution in [0.2, 0.25) is 0 Å². The van der Waals surface area contributed by atoms with Crippen molar-refractivity contribution in [1.82, 2.24) is 15.1 Å². The van der Waals surface area contributed by atoms with E-state index in [0.29, 0.717) is 11.5 Å². The van der Waals surface area contributed by atoms with Gasteiger partial charge in [-0.25, -0.2) is 0 Å². The Balaban J connectivity index is 2.03. The zero-order chi connectivity index (χ0) is 14.4. The average Bonchev–Trinajstić information content (AvgIpc) is 2.96. The predicted molar refractivity (Wildman–Crippen MR) is 85.0 cm³/mol. The molecule has 0 aliphatic heterocycles. The minimum absolute atomic E-state index is 0.362. The molecule has 1 aliphatic rings. The third-order valence-corrected chi connectivity index (χ3v) is 5.22. The lowest BCUT2D eigenvalue weighted by atomic mass is 9.78. The van der Waals surface area contributed by atoms with Crippen LogP contribution in [0.4, 0.5) is 0 Å². The molecule has 1 aliphatic carbocycles. The molecule has 0 aromatic carbocycles. The quantitative estimate of drug-likeness (QED) is 0.817. The molecule has 0 spiro atoms. The van der Waals surface area contributed by atoms with Crippen LogP contribution in [0.5, 0.6) is 0 Å². The van der Waals surface area contributed by atoms with Crippen LogP contribution in [-0.4, -0.2) is 23.4 Å². The van der Waals surface area contributed by atoms with Crippen molar-refractivity contribution in [3.05, 3.63) is 18.0 Å². The topological polar surface area (TPSA) is 29.9 Å². The fourth-order valence-electron chi connectivity index (χ4n) is 3.59. The normalized spacial score (nSPS) is 17.6. The average molecular weight is 277 g/mol. The van der Waals surface area contributed by atoms with Crippen LogP contribution < -0.4 is 5.32 Å². The fraction of sp³-hybridized carbons (Fsp3) is 0.824. The van der Waals surface area contributed by atoms with Gasteiger partial charge in [0.15, 0.2) is 0 Å². The Bertz CT molecular complexity index is 387. The van der Waals surface area contributed by atoms with Crippen molar-refractivity contribution < 1.29 is 0 Å². The summed E-state index contributed by atoms with van der Waals surface area (Å²) in [6.45, 7) is 5.69. The van der Waals surface area contributed by atoms with E-state index in [1.807, 2.05) is 0 Å². The molecule has 3 heteroatoms. The van der Waals surface area contributed by atoms with Gasteiger partial charge in [-0.15, -0.1) is 0 Å². The molecule has 1 fully saturated rings. The highest BCUT2D eigenvalue weighted by Crippen LogP contribution is 2.31. The van der Waals surface area contributed by atoms with Gasteiger partial charge in [-0.3, -0.25) is 4.68 Å². The van der Waals surface area contributed by atoms with Crippen LogP contribution in [0, 0.1) is 5.41 Å². The van der Waals surface area contributed by atoms with Gasteiger partial charge in [-0.1, -0.05) is 33.1 Å². The smallest absolute Gasteiger partial charge is 0.0630 e. The lowest BCUT2D eigenvalue weighted by Gasteiger charge is -2.31. The first kappa shape index (κ1) is 15.6. The number of nitrogens with zero attached hydrogens (tertiary/aromatic N) is 2. The van der Waals surface area contributed by atoms with Gasteiger partial charge < -0.3 is 5.32 Å². The molecule has 1 aromatic heterocycles. The Morgan fingerprint density at radius 3 is 2.55 bits per heavy atom. The second-order valence-electron chi connectivity index (χ2n) is 6.49. The SMILES string of the molecule is CCC(CC)(CNC)Cc1ccn(C2CCCCC2)n1. The Morgan fingerprint density at radius 1 is 1.25 bits per heavy atom. The van der Waals surface area contributed by atoms with Crippen LogP contribution in [0.25, 0.3) is 0 Å². The minimum atomic E-state index is 0.362. The van der Waals surface area contributed by atoms with Crippen molar-refractivity contribution in [2.45, 2.75) is 71.3 Å². The third kappa shape index (κ3) is 3.63. The van der Waals surface area contributed by atoms with Gasteiger partial charge in [0, 0.05) is 12.7 Å². The largest absolute Gasteiger partial charge is 0.319 e. The zero-order valence-corrected chi connectivity index (χ0v) is 13.5. The number of hydrogen-bond acceptors (Lipinski definition) is 2. The van der Waals surface area contributed by atoms with E-state index in [0.717, 1.165) is 13.0 Å². The highest BCUT2D eigenvalue weighted by Gasteiger charge is 2.27. The van der Waals surface area contributed by atoms with Crippen LogP contribution in [-0.2, 0) is 6.42 Å². The van der Waals surface area contributed by atoms with E-state index in [1.165, 1.54) is 50.6 Å². The number of aromatic nitrogens is 2. The Morgan fingerprint density at radius 2 is 1.95 bits per heavy atom. The summed E-state index contributed by atoms with van der Waals surface area (Å²) in [5, 5.41) is 8.25. The summed E-state index contributed by atoms with van der Waals surface area (Å²) in [6, 6.07) is 2.89. The maximum atomic E-state index is 4.89. The molecule has 3 nitrogen and oxygen atoms in total. The molecular weight excluding hydrogens is 246 g/mol. The molecule has 0 atom stereocenters. The van der Waals surface area contributed by atoms with Gasteiger partial charge in [-0.05, 0) is 50.6 Å². The van der Waals surface area contributed by atoms with Crippen molar-refractivity contribution in [3.63, 3.8) is 0 Å². The summed E-state index contributed by atoms with van der Waals surface area (Å²) in [6.07, 6.45) is 12.5. The van der Waals surface area contributed by atoms with Crippen LogP contribution >= 0.6 is 0 Å². The second-order valence-corrected chi connectivity index (χ2v) is 6.49. The summed E-state index contributed by atoms with van der Waals surface area (Å²) in [7, 11) is 2.06. The van der Waals surface area contributed by atoms with Crippen molar-refractivity contribution in [3.8, 4) is 0 Å². The first-order valence-corrected chi connectivity index (χ1v) is 8.41. The van der Waals surface area contributed by atoms with E-state index in [9.17, 15) is 0 Å². The lowest BCUT2D eigenvalue weighted by molar-refractivity contribution is 0.248. The Kier molecular flexibility index (Phi) is 5.64. The summed E-state index contributed by atoms with van der Waals surface area (Å²) in [5.74, 6) is 0. The van der Waals surface area contributed by atoms with E-state index < -0.39 is 0 Å². The van der Waals surface area contributed by atoms with Gasteiger partial charge >= 0.3 is 0 Å². The molecule has 1 N–H and O–H groups in total. The standard InChI is InChI=1S/C17H31N3/c1-4-17(5-2,14-18-3)13-15-11-12-20(19-15)16-9-7-6-8-10-16/h11-12,16,18H,4-10,13-14H2,1-3H3. The zero-order valence-electron chi connectivity index (χ0n) is 13.5. The molecule has 0 amide bonds. The maximum absolute atomic E-state index is 4.89. The van der Waals surface area contributed by atoms with E-state index >= 15 is 0 Å². The van der Waals surface area contributed by atoms with Gasteiger partial charge in [0.1, 0.15) is 0 Å². The summed E-state index contributed by atoms with van der Waals surface area (Å²) >= 11 is 0. The van der Waals surface area contributed by atoms with Crippen LogP contribution in [0.15, 0.2) is 12.3 Å². The highest BCUT2D eigenvalue weighted by atomic mass is 15.3. The van der Waals surface area contributed by atoms with E-state index in [2.05, 4.69) is 43.2 Å². The monoisotopic (exact) mass is 277 g/mol. The van der Waals surface area contributed by atoms with Crippen molar-refractivity contribution in [2.75, 3.05) is 13.6 Å². The first-order chi connectivity index (χ1) is 9.73. The van der Waals surface area contributed by atoms with E-state index in [-0.39, 0.29) is 0 Å². The van der Waals surface area contributed by atoms with Gasteiger partial charge in [0.2, 0.25) is 0 Å². The van der Waals surface area contributed by atoms with E-state index in [4.69, 9.17) is 5.10 Å². The molecule has 1 saturated carbocycles. The fourth-order valence-corrected chi connectivity index (χ4v) is 3.59. The van der Waals surface area contributed by atoms with Crippen molar-refractivity contribution in [2.24, 2.45) is 5.41 Å². The van der Waals surface area contributed by atoms with Gasteiger partial charge in [0.05, 0.1) is 11.7 Å². The van der Waals surface area contributed by atoms with Gasteiger partial charge in [0.25, 0.3) is 0 Å². The van der Waals surface area contributed by atoms with Crippen molar-refractivity contribution >= 4 is 0 Å². The Labute approximate surface area is 124 Å². The number of nitrogens with one attached hydrogen (secondary N) is 1. The van der Waals surface area contributed by atoms with E-state index in [1.54, 1.807) is 0 Å². The third-order valence-electron chi connectivity index (χ3n) is 5.22.